The monoisotopic (exact) mass is 450 g/mol. The van der Waals surface area contributed by atoms with E-state index >= 15 is 0 Å². The lowest BCUT2D eigenvalue weighted by Gasteiger charge is -2.24. The van der Waals surface area contributed by atoms with Crippen LogP contribution in [0.4, 0.5) is 4.79 Å². The van der Waals surface area contributed by atoms with Crippen molar-refractivity contribution in [2.75, 3.05) is 19.7 Å². The van der Waals surface area contributed by atoms with Crippen LogP contribution in [0.25, 0.3) is 11.1 Å². The number of hydrogen-bond donors (Lipinski definition) is 2. The van der Waals surface area contributed by atoms with Crippen molar-refractivity contribution in [2.24, 2.45) is 11.8 Å². The van der Waals surface area contributed by atoms with Crippen LogP contribution >= 0.6 is 0 Å². The predicted octanol–water partition coefficient (Wildman–Crippen LogP) is 3.87. The maximum absolute atomic E-state index is 13.0. The number of nitrogens with one attached hydrogen (secondary N) is 1. The van der Waals surface area contributed by atoms with Crippen LogP contribution < -0.4 is 5.32 Å². The Morgan fingerprint density at radius 2 is 1.67 bits per heavy atom. The van der Waals surface area contributed by atoms with Crippen LogP contribution in [0.2, 0.25) is 0 Å². The molecule has 2 amide bonds. The smallest absolute Gasteiger partial charge is 0.407 e. The molecule has 174 valence electrons. The molecule has 0 spiro atoms. The van der Waals surface area contributed by atoms with Crippen molar-refractivity contribution in [3.63, 3.8) is 0 Å². The molecule has 2 N–H and O–H groups in total. The zero-order valence-electron chi connectivity index (χ0n) is 19.0. The molecule has 0 radical (unpaired) electrons. The molecule has 0 aromatic heterocycles. The lowest BCUT2D eigenvalue weighted by molar-refractivity contribution is -0.142. The van der Waals surface area contributed by atoms with Gasteiger partial charge >= 0.3 is 12.1 Å². The van der Waals surface area contributed by atoms with Gasteiger partial charge in [0.05, 0.1) is 5.92 Å². The maximum atomic E-state index is 13.0. The number of hydrogen-bond acceptors (Lipinski definition) is 4. The van der Waals surface area contributed by atoms with Gasteiger partial charge in [0, 0.05) is 19.0 Å². The molecular formula is C26H30N2O5. The number of ether oxygens (including phenoxy) is 1. The van der Waals surface area contributed by atoms with Gasteiger partial charge in [0.25, 0.3) is 0 Å². The molecule has 2 aromatic carbocycles. The molecule has 0 bridgehead atoms. The number of benzene rings is 2. The molecule has 2 aromatic rings. The Balaban J connectivity index is 1.40. The first-order valence-electron chi connectivity index (χ1n) is 11.5. The van der Waals surface area contributed by atoms with E-state index in [1.165, 1.54) is 0 Å². The van der Waals surface area contributed by atoms with Gasteiger partial charge < -0.3 is 20.1 Å². The van der Waals surface area contributed by atoms with E-state index < -0.39 is 24.0 Å². The van der Waals surface area contributed by atoms with E-state index in [9.17, 15) is 19.5 Å². The third kappa shape index (κ3) is 4.58. The van der Waals surface area contributed by atoms with Crippen LogP contribution in [0.5, 0.6) is 0 Å². The fourth-order valence-corrected chi connectivity index (χ4v) is 5.02. The van der Waals surface area contributed by atoms with Gasteiger partial charge in [-0.05, 0) is 34.6 Å². The summed E-state index contributed by atoms with van der Waals surface area (Å²) < 4.78 is 5.59. The minimum atomic E-state index is -0.894. The largest absolute Gasteiger partial charge is 0.481 e. The molecule has 0 saturated carbocycles. The number of fused-ring (bicyclic) bond motifs is 3. The summed E-state index contributed by atoms with van der Waals surface area (Å²) in [6.07, 6.45) is 0.531. The summed E-state index contributed by atoms with van der Waals surface area (Å²) in [5.41, 5.74) is 4.55. The summed E-state index contributed by atoms with van der Waals surface area (Å²) in [6.45, 7) is 4.49. The number of carboxylic acid groups (broad SMARTS) is 1. The van der Waals surface area contributed by atoms with E-state index in [2.05, 4.69) is 29.6 Å². The molecule has 1 fully saturated rings. The van der Waals surface area contributed by atoms with Crippen LogP contribution in [0.3, 0.4) is 0 Å². The van der Waals surface area contributed by atoms with E-state index in [0.29, 0.717) is 19.4 Å². The van der Waals surface area contributed by atoms with Crippen LogP contribution in [0.1, 0.15) is 43.7 Å². The van der Waals surface area contributed by atoms with Gasteiger partial charge in [-0.25, -0.2) is 4.79 Å². The Morgan fingerprint density at radius 1 is 1.06 bits per heavy atom. The second-order valence-electron chi connectivity index (χ2n) is 8.98. The highest BCUT2D eigenvalue weighted by Crippen LogP contribution is 2.44. The summed E-state index contributed by atoms with van der Waals surface area (Å²) in [4.78, 5) is 38.7. The molecule has 3 atom stereocenters. The number of nitrogens with zero attached hydrogens (tertiary/aromatic N) is 1. The molecule has 2 aliphatic rings. The molecule has 33 heavy (non-hydrogen) atoms. The molecule has 1 aliphatic heterocycles. The minimum absolute atomic E-state index is 0.0563. The number of likely N-dealkylation sites (tertiary alicyclic amines) is 1. The Kier molecular flexibility index (Phi) is 6.67. The van der Waals surface area contributed by atoms with Crippen molar-refractivity contribution in [3.05, 3.63) is 59.7 Å². The summed E-state index contributed by atoms with van der Waals surface area (Å²) in [5.74, 6) is -1.90. The highest BCUT2D eigenvalue weighted by Gasteiger charge is 2.39. The summed E-state index contributed by atoms with van der Waals surface area (Å²) in [7, 11) is 0. The van der Waals surface area contributed by atoms with E-state index in [1.807, 2.05) is 38.1 Å². The molecule has 1 saturated heterocycles. The summed E-state index contributed by atoms with van der Waals surface area (Å²) in [6, 6.07) is 15.5. The van der Waals surface area contributed by atoms with Gasteiger partial charge in [0.2, 0.25) is 5.91 Å². The Labute approximate surface area is 193 Å². The van der Waals surface area contributed by atoms with Crippen LogP contribution in [-0.4, -0.2) is 53.7 Å². The average molecular weight is 451 g/mol. The number of alkyl carbamates (subject to hydrolysis) is 1. The molecule has 7 heteroatoms. The first-order valence-corrected chi connectivity index (χ1v) is 11.5. The SMILES string of the molecule is CCC[C@@H](NC(=O)OCC1c2ccccc2-c2ccccc21)C(=O)N1CC(C)C(C(=O)O)C1. The van der Waals surface area contributed by atoms with E-state index in [0.717, 1.165) is 22.3 Å². The molecular weight excluding hydrogens is 420 g/mol. The number of rotatable bonds is 7. The second kappa shape index (κ2) is 9.65. The van der Waals surface area contributed by atoms with Crippen molar-refractivity contribution < 1.29 is 24.2 Å². The number of carbonyl (C=O) groups excluding carboxylic acids is 2. The van der Waals surface area contributed by atoms with Crippen molar-refractivity contribution >= 4 is 18.0 Å². The molecule has 7 nitrogen and oxygen atoms in total. The number of carboxylic acids is 1. The topological polar surface area (TPSA) is 95.9 Å². The Hall–Kier alpha value is -3.35. The third-order valence-corrected chi connectivity index (χ3v) is 6.75. The Bertz CT molecular complexity index is 1010. The average Bonchev–Trinajstić information content (AvgIpc) is 3.35. The molecule has 2 unspecified atom stereocenters. The Morgan fingerprint density at radius 3 is 2.21 bits per heavy atom. The van der Waals surface area contributed by atoms with Gasteiger partial charge in [-0.3, -0.25) is 9.59 Å². The fourth-order valence-electron chi connectivity index (χ4n) is 5.02. The zero-order valence-corrected chi connectivity index (χ0v) is 19.0. The van der Waals surface area contributed by atoms with Crippen LogP contribution in [0, 0.1) is 11.8 Å². The molecule has 4 rings (SSSR count). The second-order valence-corrected chi connectivity index (χ2v) is 8.98. The van der Waals surface area contributed by atoms with Gasteiger partial charge in [0.1, 0.15) is 12.6 Å². The quantitative estimate of drug-likeness (QED) is 0.668. The van der Waals surface area contributed by atoms with E-state index in [-0.39, 0.29) is 30.9 Å². The molecule has 1 heterocycles. The highest BCUT2D eigenvalue weighted by atomic mass is 16.5. The minimum Gasteiger partial charge on any atom is -0.481 e. The number of amides is 2. The van der Waals surface area contributed by atoms with Crippen molar-refractivity contribution in [3.8, 4) is 11.1 Å². The van der Waals surface area contributed by atoms with Crippen molar-refractivity contribution in [2.45, 2.75) is 38.6 Å². The van der Waals surface area contributed by atoms with Gasteiger partial charge in [0.15, 0.2) is 0 Å². The van der Waals surface area contributed by atoms with Gasteiger partial charge in [-0.2, -0.15) is 0 Å². The maximum Gasteiger partial charge on any atom is 0.407 e. The number of carbonyl (C=O) groups is 3. The summed E-state index contributed by atoms with van der Waals surface area (Å²) >= 11 is 0. The predicted molar refractivity (Wildman–Crippen MR) is 124 cm³/mol. The standard InChI is InChI=1S/C26H30N2O5/c1-3-8-23(24(29)28-13-16(2)21(14-28)25(30)31)27-26(32)33-15-22-19-11-6-4-9-17(19)18-10-5-7-12-20(18)22/h4-7,9-12,16,21-23H,3,8,13-15H2,1-2H3,(H,27,32)(H,30,31)/t16?,21?,23-/m1/s1. The first-order chi connectivity index (χ1) is 15.9. The zero-order chi connectivity index (χ0) is 23.5. The summed E-state index contributed by atoms with van der Waals surface area (Å²) in [5, 5.41) is 12.1. The lowest BCUT2D eigenvalue weighted by Crippen LogP contribution is -2.48. The van der Waals surface area contributed by atoms with Crippen molar-refractivity contribution in [1.29, 1.82) is 0 Å². The van der Waals surface area contributed by atoms with Crippen LogP contribution in [-0.2, 0) is 14.3 Å². The fraction of sp³-hybridized carbons (Fsp3) is 0.423. The normalized spacial score (nSPS) is 20.1. The first kappa shape index (κ1) is 22.8. The number of aliphatic carboxylic acids is 1. The lowest BCUT2D eigenvalue weighted by atomic mass is 9.98. The molecule has 1 aliphatic carbocycles. The highest BCUT2D eigenvalue weighted by molar-refractivity contribution is 5.87. The van der Waals surface area contributed by atoms with Crippen LogP contribution in [0.15, 0.2) is 48.5 Å². The third-order valence-electron chi connectivity index (χ3n) is 6.75. The van der Waals surface area contributed by atoms with E-state index in [1.54, 1.807) is 4.90 Å². The van der Waals surface area contributed by atoms with Crippen molar-refractivity contribution in [1.82, 2.24) is 10.2 Å². The van der Waals surface area contributed by atoms with E-state index in [4.69, 9.17) is 4.74 Å². The van der Waals surface area contributed by atoms with Gasteiger partial charge in [-0.1, -0.05) is 68.8 Å². The van der Waals surface area contributed by atoms with Gasteiger partial charge in [-0.15, -0.1) is 0 Å².